The summed E-state index contributed by atoms with van der Waals surface area (Å²) in [6.45, 7) is 0. The highest BCUT2D eigenvalue weighted by atomic mass is 32.2. The van der Waals surface area contributed by atoms with Crippen molar-refractivity contribution in [2.75, 3.05) is 11.1 Å². The number of carbonyl (C=O) groups is 2. The number of nitrogens with one attached hydrogen (secondary N) is 2. The van der Waals surface area contributed by atoms with Crippen LogP contribution in [0.2, 0.25) is 0 Å². The van der Waals surface area contributed by atoms with Gasteiger partial charge in [0.25, 0.3) is 0 Å². The van der Waals surface area contributed by atoms with Crippen LogP contribution in [0.3, 0.4) is 0 Å². The number of rotatable bonds is 5. The van der Waals surface area contributed by atoms with Crippen LogP contribution in [0.25, 0.3) is 0 Å². The van der Waals surface area contributed by atoms with Crippen molar-refractivity contribution in [1.29, 1.82) is 5.26 Å². The van der Waals surface area contributed by atoms with Crippen molar-refractivity contribution in [3.05, 3.63) is 58.1 Å². The van der Waals surface area contributed by atoms with Crippen molar-refractivity contribution in [3.63, 3.8) is 0 Å². The molecule has 0 unspecified atom stereocenters. The molecule has 0 fully saturated rings. The molecule has 6 nitrogen and oxygen atoms in total. The van der Waals surface area contributed by atoms with E-state index in [0.717, 1.165) is 17.3 Å². The minimum atomic E-state index is -0.288. The fraction of sp³-hybridized carbons (Fsp3) is 0.176. The van der Waals surface area contributed by atoms with Crippen LogP contribution in [-0.4, -0.2) is 22.6 Å². The Morgan fingerprint density at radius 1 is 1.44 bits per heavy atom. The molecule has 2 N–H and O–H groups in total. The number of benzene rings is 1. The highest BCUT2D eigenvalue weighted by molar-refractivity contribution is 8.03. The summed E-state index contributed by atoms with van der Waals surface area (Å²) in [6.07, 6.45) is 1.83. The molecule has 1 aliphatic heterocycles. The van der Waals surface area contributed by atoms with Crippen LogP contribution in [0.1, 0.15) is 17.9 Å². The van der Waals surface area contributed by atoms with Crippen LogP contribution in [0.5, 0.6) is 0 Å². The molecule has 1 aromatic carbocycles. The van der Waals surface area contributed by atoms with E-state index in [2.05, 4.69) is 21.7 Å². The van der Waals surface area contributed by atoms with Gasteiger partial charge in [0.1, 0.15) is 0 Å². The van der Waals surface area contributed by atoms with Gasteiger partial charge < -0.3 is 10.6 Å². The first-order valence-electron chi connectivity index (χ1n) is 7.48. The van der Waals surface area contributed by atoms with Gasteiger partial charge in [0.05, 0.1) is 22.4 Å². The van der Waals surface area contributed by atoms with Crippen molar-refractivity contribution in [1.82, 2.24) is 10.3 Å². The lowest BCUT2D eigenvalue weighted by Gasteiger charge is -2.24. The van der Waals surface area contributed by atoms with Crippen LogP contribution >= 0.6 is 23.1 Å². The van der Waals surface area contributed by atoms with E-state index in [1.165, 1.54) is 11.3 Å². The van der Waals surface area contributed by atoms with Crippen molar-refractivity contribution < 1.29 is 9.59 Å². The predicted octanol–water partition coefficient (Wildman–Crippen LogP) is 2.85. The maximum atomic E-state index is 12.0. The molecule has 2 amide bonds. The maximum absolute atomic E-state index is 12.0. The topological polar surface area (TPSA) is 94.9 Å². The smallest absolute Gasteiger partial charge is 0.236 e. The third kappa shape index (κ3) is 4.26. The number of thioether (sulfide) groups is 1. The van der Waals surface area contributed by atoms with Gasteiger partial charge in [-0.25, -0.2) is 4.98 Å². The third-order valence-electron chi connectivity index (χ3n) is 3.58. The molecule has 1 aliphatic rings. The number of allylic oxidation sites excluding steroid dienone is 1. The van der Waals surface area contributed by atoms with Gasteiger partial charge in [-0.15, -0.1) is 11.3 Å². The molecule has 2 heterocycles. The zero-order chi connectivity index (χ0) is 17.6. The van der Waals surface area contributed by atoms with Gasteiger partial charge in [-0.3, -0.25) is 9.59 Å². The number of amides is 2. The molecule has 0 spiro atoms. The number of nitrogens with zero attached hydrogens (tertiary/aromatic N) is 2. The Hall–Kier alpha value is -2.63. The highest BCUT2D eigenvalue weighted by Gasteiger charge is 2.29. The molecule has 1 atom stereocenters. The van der Waals surface area contributed by atoms with Crippen molar-refractivity contribution in [2.24, 2.45) is 0 Å². The fourth-order valence-corrected chi connectivity index (χ4v) is 3.90. The Balaban J connectivity index is 1.75. The van der Waals surface area contributed by atoms with E-state index in [-0.39, 0.29) is 29.9 Å². The molecule has 0 saturated carbocycles. The summed E-state index contributed by atoms with van der Waals surface area (Å²) in [5, 5.41) is 17.7. The van der Waals surface area contributed by atoms with Gasteiger partial charge in [-0.05, 0) is 5.56 Å². The van der Waals surface area contributed by atoms with E-state index >= 15 is 0 Å². The number of carbonyl (C=O) groups excluding carboxylic acids is 2. The second-order valence-corrected chi connectivity index (χ2v) is 7.12. The van der Waals surface area contributed by atoms with Crippen molar-refractivity contribution >= 4 is 40.0 Å². The van der Waals surface area contributed by atoms with Crippen LogP contribution in [-0.2, 0) is 9.59 Å². The monoisotopic (exact) mass is 370 g/mol. The van der Waals surface area contributed by atoms with Gasteiger partial charge >= 0.3 is 0 Å². The summed E-state index contributed by atoms with van der Waals surface area (Å²) in [6, 6.07) is 11.6. The molecular formula is C17H14N4O2S2. The quantitative estimate of drug-likeness (QED) is 0.844. The number of thiazole rings is 1. The molecule has 126 valence electrons. The van der Waals surface area contributed by atoms with E-state index in [4.69, 9.17) is 0 Å². The van der Waals surface area contributed by atoms with E-state index < -0.39 is 0 Å². The van der Waals surface area contributed by atoms with Gasteiger partial charge in [0, 0.05) is 23.9 Å². The van der Waals surface area contributed by atoms with Crippen LogP contribution in [0, 0.1) is 11.3 Å². The minimum absolute atomic E-state index is 0.0852. The number of hydrogen-bond donors (Lipinski definition) is 2. The fourth-order valence-electron chi connectivity index (χ4n) is 2.48. The summed E-state index contributed by atoms with van der Waals surface area (Å²) in [5.74, 6) is -0.594. The molecule has 0 radical (unpaired) electrons. The zero-order valence-corrected chi connectivity index (χ0v) is 14.7. The Bertz CT molecular complexity index is 841. The summed E-state index contributed by atoms with van der Waals surface area (Å²) in [5.41, 5.74) is 1.40. The van der Waals surface area contributed by atoms with Crippen molar-refractivity contribution in [2.45, 2.75) is 12.3 Å². The van der Waals surface area contributed by atoms with Crippen LogP contribution in [0.4, 0.5) is 5.13 Å². The number of anilines is 1. The van der Waals surface area contributed by atoms with E-state index in [1.54, 1.807) is 11.6 Å². The van der Waals surface area contributed by atoms with E-state index in [9.17, 15) is 14.9 Å². The van der Waals surface area contributed by atoms with Crippen LogP contribution in [0.15, 0.2) is 52.5 Å². The Kier molecular flexibility index (Phi) is 5.48. The SMILES string of the molecule is N#CC1=C(SCC(=O)Nc2nccs2)NC(=O)C[C@@H]1c1ccccc1. The Morgan fingerprint density at radius 2 is 2.24 bits per heavy atom. The van der Waals surface area contributed by atoms with Gasteiger partial charge in [0.2, 0.25) is 11.8 Å². The second-order valence-electron chi connectivity index (χ2n) is 5.24. The van der Waals surface area contributed by atoms with Gasteiger partial charge in [0.15, 0.2) is 5.13 Å². The maximum Gasteiger partial charge on any atom is 0.236 e. The largest absolute Gasteiger partial charge is 0.320 e. The first kappa shape index (κ1) is 17.2. The molecule has 0 bridgehead atoms. The average molecular weight is 370 g/mol. The summed E-state index contributed by atoms with van der Waals surface area (Å²) in [4.78, 5) is 28.0. The van der Waals surface area contributed by atoms with Gasteiger partial charge in [-0.2, -0.15) is 5.26 Å². The molecule has 0 aliphatic carbocycles. The molecular weight excluding hydrogens is 356 g/mol. The molecule has 0 saturated heterocycles. The summed E-state index contributed by atoms with van der Waals surface area (Å²) >= 11 is 2.48. The predicted molar refractivity (Wildman–Crippen MR) is 97.8 cm³/mol. The molecule has 1 aromatic heterocycles. The summed E-state index contributed by atoms with van der Waals surface area (Å²) < 4.78 is 0. The van der Waals surface area contributed by atoms with Gasteiger partial charge in [-0.1, -0.05) is 42.1 Å². The lowest BCUT2D eigenvalue weighted by Crippen LogP contribution is -2.31. The normalized spacial score (nSPS) is 16.9. The number of hydrogen-bond acceptors (Lipinski definition) is 6. The molecule has 3 rings (SSSR count). The lowest BCUT2D eigenvalue weighted by molar-refractivity contribution is -0.121. The number of nitriles is 1. The molecule has 8 heteroatoms. The molecule has 25 heavy (non-hydrogen) atoms. The lowest BCUT2D eigenvalue weighted by atomic mass is 9.87. The van der Waals surface area contributed by atoms with Crippen LogP contribution < -0.4 is 10.6 Å². The van der Waals surface area contributed by atoms with E-state index in [1.807, 2.05) is 30.3 Å². The van der Waals surface area contributed by atoms with Crippen molar-refractivity contribution in [3.8, 4) is 6.07 Å². The van der Waals surface area contributed by atoms with E-state index in [0.29, 0.717) is 15.7 Å². The highest BCUT2D eigenvalue weighted by Crippen LogP contribution is 2.35. The standard InChI is InChI=1S/C17H14N4O2S2/c18-9-13-12(11-4-2-1-3-5-11)8-14(22)20-16(13)25-10-15(23)21-17-19-6-7-24-17/h1-7,12H,8,10H2,(H,20,22)(H,19,21,23)/t12-/m1/s1. The third-order valence-corrected chi connectivity index (χ3v) is 5.29. The minimum Gasteiger partial charge on any atom is -0.320 e. The second kappa shape index (κ2) is 7.96. The zero-order valence-electron chi connectivity index (χ0n) is 13.1. The Morgan fingerprint density at radius 3 is 2.92 bits per heavy atom. The number of aromatic nitrogens is 1. The molecule has 2 aromatic rings. The average Bonchev–Trinajstić information content (AvgIpc) is 3.13. The first-order valence-corrected chi connectivity index (χ1v) is 9.35. The summed E-state index contributed by atoms with van der Waals surface area (Å²) in [7, 11) is 0. The first-order chi connectivity index (χ1) is 12.2. The Labute approximate surface area is 153 Å².